The molecule has 9 rings (SSSR count). The van der Waals surface area contributed by atoms with Gasteiger partial charge in [-0.05, 0) is 159 Å². The zero-order chi connectivity index (χ0) is 84.3. The molecule has 4 saturated heterocycles. The molecule has 4 unspecified atom stereocenters. The Morgan fingerprint density at radius 3 is 1.82 bits per heavy atom. The van der Waals surface area contributed by atoms with E-state index >= 15 is 56.7 Å². The molecule has 5 aliphatic carbocycles. The summed E-state index contributed by atoms with van der Waals surface area (Å²) < 4.78 is 127. The number of amides is 12. The van der Waals surface area contributed by atoms with Crippen molar-refractivity contribution < 1.29 is 102 Å². The number of fused-ring (bicyclic) bond motifs is 3. The summed E-state index contributed by atoms with van der Waals surface area (Å²) in [5, 5.41) is 8.13. The number of carbonyl (C=O) groups is 12. The van der Waals surface area contributed by atoms with Crippen LogP contribution in [0.4, 0.5) is 35.1 Å². The number of nitrogens with zero attached hydrogens (tertiary/aromatic N) is 9. The minimum atomic E-state index is -5.22. The van der Waals surface area contributed by atoms with Gasteiger partial charge in [-0.2, -0.15) is 26.3 Å². The van der Waals surface area contributed by atoms with Gasteiger partial charge < -0.3 is 69.5 Å². The Balaban J connectivity index is 1.12. The van der Waals surface area contributed by atoms with Crippen LogP contribution >= 0.6 is 11.6 Å². The van der Waals surface area contributed by atoms with Crippen molar-refractivity contribution in [3.8, 4) is 0 Å². The molecule has 26 nitrogen and oxygen atoms in total. The van der Waals surface area contributed by atoms with Crippen molar-refractivity contribution in [1.82, 2.24) is 60.0 Å². The quantitative estimate of drug-likeness (QED) is 0.119. The van der Waals surface area contributed by atoms with E-state index in [2.05, 4.69) is 16.0 Å². The summed E-state index contributed by atoms with van der Waals surface area (Å²) in [7, 11) is 8.15. The van der Waals surface area contributed by atoms with Gasteiger partial charge in [0.05, 0.1) is 44.7 Å². The Morgan fingerprint density at radius 2 is 1.22 bits per heavy atom. The third-order valence-electron chi connectivity index (χ3n) is 26.8. The molecule has 2 bridgehead atoms. The van der Waals surface area contributed by atoms with Crippen LogP contribution in [0.25, 0.3) is 0 Å². The summed E-state index contributed by atoms with van der Waals surface area (Å²) in [5.74, 6) is -17.0. The molecule has 9 fully saturated rings. The molecule has 0 radical (unpaired) electrons. The second-order valence-electron chi connectivity index (χ2n) is 34.4. The molecule has 9 aliphatic rings. The van der Waals surface area contributed by atoms with Crippen LogP contribution in [0.2, 0.25) is 0 Å². The lowest BCUT2D eigenvalue weighted by Crippen LogP contribution is -2.68. The fourth-order valence-electron chi connectivity index (χ4n) is 19.3. The summed E-state index contributed by atoms with van der Waals surface area (Å²) in [6, 6.07) is -11.4. The van der Waals surface area contributed by atoms with Crippen molar-refractivity contribution in [2.24, 2.45) is 41.4 Å². The van der Waals surface area contributed by atoms with Gasteiger partial charge in [0, 0.05) is 86.9 Å². The molecule has 4 heterocycles. The van der Waals surface area contributed by atoms with E-state index in [1.807, 2.05) is 0 Å². The first-order valence-corrected chi connectivity index (χ1v) is 42.4. The Bertz CT molecular complexity index is 3410. The zero-order valence-corrected chi connectivity index (χ0v) is 69.0. The first-order valence-electron chi connectivity index (χ1n) is 41.9. The highest BCUT2D eigenvalue weighted by atomic mass is 35.5. The Morgan fingerprint density at radius 1 is 0.591 bits per heavy atom. The van der Waals surface area contributed by atoms with Gasteiger partial charge in [0.15, 0.2) is 0 Å². The third kappa shape index (κ3) is 22.4. The normalized spacial score (nSPS) is 33.5. The topological polar surface area (TPSA) is 289 Å². The fourth-order valence-corrected chi connectivity index (χ4v) is 19.7. The predicted octanol–water partition coefficient (Wildman–Crippen LogP) is 7.49. The van der Waals surface area contributed by atoms with E-state index in [1.54, 1.807) is 20.8 Å². The molecule has 4 aliphatic heterocycles. The maximum absolute atomic E-state index is 15.9. The van der Waals surface area contributed by atoms with Gasteiger partial charge in [-0.1, -0.05) is 58.8 Å². The number of halogens is 9. The van der Waals surface area contributed by atoms with E-state index in [0.29, 0.717) is 70.6 Å². The van der Waals surface area contributed by atoms with E-state index in [9.17, 15) is 35.9 Å². The average Bonchev–Trinajstić information content (AvgIpc) is 1.73. The highest BCUT2D eigenvalue weighted by Gasteiger charge is 2.57. The smallest absolute Gasteiger partial charge is 0.378 e. The Labute approximate surface area is 675 Å². The number of hydrogen-bond acceptors (Lipinski definition) is 14. The average molecular weight is 1660 g/mol. The summed E-state index contributed by atoms with van der Waals surface area (Å²) in [6.07, 6.45) is -12.6. The molecule has 115 heavy (non-hydrogen) atoms. The summed E-state index contributed by atoms with van der Waals surface area (Å²) in [4.78, 5) is 195. The van der Waals surface area contributed by atoms with E-state index in [-0.39, 0.29) is 123 Å². The van der Waals surface area contributed by atoms with Crippen LogP contribution in [0.15, 0.2) is 0 Å². The predicted molar refractivity (Wildman–Crippen MR) is 407 cm³/mol. The van der Waals surface area contributed by atoms with Gasteiger partial charge in [0.2, 0.25) is 70.9 Å². The van der Waals surface area contributed by atoms with E-state index in [0.717, 1.165) is 32.4 Å². The minimum Gasteiger partial charge on any atom is -0.378 e. The maximum Gasteiger partial charge on any atom is 0.397 e. The van der Waals surface area contributed by atoms with Gasteiger partial charge in [0.1, 0.15) is 72.1 Å². The van der Waals surface area contributed by atoms with Crippen molar-refractivity contribution in [2.45, 2.75) is 291 Å². The van der Waals surface area contributed by atoms with Crippen LogP contribution in [-0.4, -0.2) is 306 Å². The minimum absolute atomic E-state index is 0.00431. The fraction of sp³-hybridized carbons (Fsp3) is 0.850. The summed E-state index contributed by atoms with van der Waals surface area (Å²) in [6.45, 7) is 3.85. The van der Waals surface area contributed by atoms with Crippen molar-refractivity contribution in [1.29, 1.82) is 0 Å². The molecule has 35 heteroatoms. The number of hydrogen-bond donors (Lipinski definition) is 3. The molecular weight excluding hydrogens is 1540 g/mol. The third-order valence-corrected chi connectivity index (χ3v) is 27.3. The molecule has 0 aromatic heterocycles. The number of carbonyl (C=O) groups excluding carboxylic acids is 12. The number of alkyl halides is 9. The number of likely N-dealkylation sites (N-methyl/N-ethyl adjacent to an activating group) is 6. The second kappa shape index (κ2) is 40.4. The number of nitrogens with one attached hydrogen (secondary N) is 3. The largest absolute Gasteiger partial charge is 0.397 e. The van der Waals surface area contributed by atoms with Crippen molar-refractivity contribution >= 4 is 82.5 Å². The van der Waals surface area contributed by atoms with Crippen LogP contribution in [0, 0.1) is 41.4 Å². The van der Waals surface area contributed by atoms with Gasteiger partial charge in [0.25, 0.3) is 0 Å². The molecule has 0 aromatic carbocycles. The number of rotatable bonds is 13. The molecule has 1 spiro atoms. The Hall–Kier alpha value is -6.71. The van der Waals surface area contributed by atoms with Gasteiger partial charge in [-0.25, -0.2) is 8.78 Å². The van der Waals surface area contributed by atoms with Gasteiger partial charge in [-0.3, -0.25) is 57.5 Å². The molecule has 0 aromatic rings. The summed E-state index contributed by atoms with van der Waals surface area (Å²) in [5.41, 5.74) is -1.71. The molecule has 5 saturated carbocycles. The maximum atomic E-state index is 15.9. The lowest BCUT2D eigenvalue weighted by molar-refractivity contribution is -0.219. The first kappa shape index (κ1) is 92.2. The van der Waals surface area contributed by atoms with E-state index in [1.165, 1.54) is 66.8 Å². The van der Waals surface area contributed by atoms with Crippen molar-refractivity contribution in [3.05, 3.63) is 0 Å². The number of ether oxygens (including phenoxy) is 2. The zero-order valence-electron chi connectivity index (χ0n) is 68.3. The Kier molecular flexibility index (Phi) is 32.4. The van der Waals surface area contributed by atoms with Gasteiger partial charge in [-0.15, -0.1) is 11.6 Å². The molecule has 12 amide bonds. The van der Waals surface area contributed by atoms with Crippen LogP contribution in [-0.2, 0) is 67.0 Å². The van der Waals surface area contributed by atoms with Crippen LogP contribution in [0.1, 0.15) is 201 Å². The highest BCUT2D eigenvalue weighted by Crippen LogP contribution is 2.46. The highest BCUT2D eigenvalue weighted by molar-refractivity contribution is 6.20. The molecule has 14 atom stereocenters. The molecule has 3 N–H and O–H groups in total. The van der Waals surface area contributed by atoms with Crippen molar-refractivity contribution in [3.63, 3.8) is 0 Å². The van der Waals surface area contributed by atoms with Crippen LogP contribution < -0.4 is 16.0 Å². The van der Waals surface area contributed by atoms with E-state index < -0.39 is 235 Å². The molecule has 650 valence electrons. The van der Waals surface area contributed by atoms with E-state index in [4.69, 9.17) is 21.1 Å². The van der Waals surface area contributed by atoms with Crippen molar-refractivity contribution in [2.75, 3.05) is 101 Å². The molecular formula is C80H123ClF8N12O14. The SMILES string of the molecule is CCO[C@@H]1C[C@H]2C(=O)NC3(CCC3)C(=O)N(C)[C@@H](C3CCCC3)C(=O)N(C)[C@H](C(=O)N3CCOCC3)CC(=O)N(C)[C@@H](CC3CCCCC3Cl)C(=O)N[C@@H]([C@@H](C)CC)C(=O)N(C)CC(=O)N(C)[C@H]3CCCCCN(C3=O)[C@@H](CC3CCC(C(F)(F)F)CC3)C(=O)N(C)CC(=O)N[C@@H](CCC3CC(F)C(C(F)(F)F)C(F)C3)C(=O)N2C1. The standard InChI is InChI=1S/C80H123ClF8N12O14/c1-10-47(3)67-75(111)94(5)46-65(104)95(6)58-24-13-12-18-33-100(74(58)110)62(40-48-25-28-52(29-26-48)79(84,85)86)72(108)93(4)45-63(102)90-57(30-27-49-38-55(82)66(56(83)39-49)80(87,88)89)71(107)101-44-53(115-11-2)42-60(101)70(106)92-78(31-19-32-78)77(113)98(9)68(50-20-14-15-21-50)76(112)97(8)61(73(109)99-34-36-114-37-35-99)43-64(103)96(7)59(69(105)91-67)41-51-22-16-17-23-54(51)81/h47-62,66-68H,10-46H2,1-9H3,(H,90,102)(H,91,105)(H,92,106)/t47-,48?,49?,51?,52?,53+,54?,55?,56?,57-,58-,59-,60-,61-,62-,66?,67-,68-/m0/s1. The summed E-state index contributed by atoms with van der Waals surface area (Å²) >= 11 is 7.04. The lowest BCUT2D eigenvalue weighted by Gasteiger charge is -2.47. The number of morpholine rings is 1. The first-order chi connectivity index (χ1) is 54.3. The lowest BCUT2D eigenvalue weighted by atomic mass is 9.74. The monoisotopic (exact) mass is 1660 g/mol. The second-order valence-corrected chi connectivity index (χ2v) is 34.9. The van der Waals surface area contributed by atoms with Crippen LogP contribution in [0.5, 0.6) is 0 Å². The van der Waals surface area contributed by atoms with Gasteiger partial charge >= 0.3 is 12.4 Å². The van der Waals surface area contributed by atoms with Crippen LogP contribution in [0.3, 0.4) is 0 Å².